The van der Waals surface area contributed by atoms with Gasteiger partial charge < -0.3 is 9.97 Å². The third kappa shape index (κ3) is 7.21. The Hall–Kier alpha value is -4.96. The van der Waals surface area contributed by atoms with Crippen LogP contribution in [0.1, 0.15) is 128 Å². The maximum Gasteiger partial charge on any atom is 0.0658 e. The van der Waals surface area contributed by atoms with Crippen LogP contribution in [0.25, 0.3) is 68.6 Å². The molecule has 266 valence electrons. The summed E-state index contributed by atoms with van der Waals surface area (Å²) in [6, 6.07) is 27.3. The Bertz CT molecular complexity index is 2200. The summed E-state index contributed by atoms with van der Waals surface area (Å²) in [5.74, 6) is 0. The molecule has 0 radical (unpaired) electrons. The second-order valence-corrected chi connectivity index (χ2v) is 18.8. The largest absolute Gasteiger partial charge is 0.355 e. The number of aromatic amines is 2. The van der Waals surface area contributed by atoms with E-state index in [1.54, 1.807) is 0 Å². The van der Waals surface area contributed by atoms with Gasteiger partial charge >= 0.3 is 0 Å². The van der Waals surface area contributed by atoms with E-state index in [4.69, 9.17) is 9.97 Å². The molecule has 0 saturated carbocycles. The van der Waals surface area contributed by atoms with Crippen LogP contribution in [0.5, 0.6) is 0 Å². The number of benzene rings is 2. The molecule has 0 atom stereocenters. The van der Waals surface area contributed by atoms with Crippen molar-refractivity contribution < 1.29 is 0 Å². The second-order valence-electron chi connectivity index (χ2n) is 18.8. The number of nitrogens with one attached hydrogen (secondary N) is 2. The monoisotopic (exact) mass is 686 g/mol. The number of H-pyrrole nitrogens is 2. The number of fused-ring (bicyclic) bond motifs is 8. The van der Waals surface area contributed by atoms with Crippen molar-refractivity contribution in [2.24, 2.45) is 0 Å². The van der Waals surface area contributed by atoms with Gasteiger partial charge in [0.15, 0.2) is 0 Å². The molecule has 0 amide bonds. The lowest BCUT2D eigenvalue weighted by Crippen LogP contribution is -2.17. The van der Waals surface area contributed by atoms with Crippen molar-refractivity contribution in [3.8, 4) is 22.3 Å². The Labute approximate surface area is 310 Å². The van der Waals surface area contributed by atoms with Gasteiger partial charge in [0.1, 0.15) is 0 Å². The molecule has 0 aliphatic carbocycles. The van der Waals surface area contributed by atoms with Gasteiger partial charge in [-0.1, -0.05) is 119 Å². The Balaban J connectivity index is 1.70. The normalized spacial score (nSPS) is 13.6. The van der Waals surface area contributed by atoms with Gasteiger partial charge in [-0.25, -0.2) is 9.97 Å². The summed E-state index contributed by atoms with van der Waals surface area (Å²) >= 11 is 0. The van der Waals surface area contributed by atoms with E-state index in [1.807, 2.05) is 0 Å². The average molecular weight is 687 g/mol. The third-order valence-corrected chi connectivity index (χ3v) is 10.3. The summed E-state index contributed by atoms with van der Waals surface area (Å²) in [4.78, 5) is 17.6. The van der Waals surface area contributed by atoms with Crippen molar-refractivity contribution in [2.45, 2.75) is 105 Å². The van der Waals surface area contributed by atoms with Gasteiger partial charge in [-0.3, -0.25) is 0 Å². The standard InChI is InChI=1S/C48H54N4/c1-45(2,3)31-19-29(20-32(23-31)46(4,5)6)43-41-27-39-17-15-37(50-39)25-35-13-14-36(49-35)26-38-16-18-40(51-38)28-42(52-41)44(43)30-21-33(47(7,8)9)24-34(22-30)48(10,11)12/h13-28,49,52H,1-12H3. The van der Waals surface area contributed by atoms with Crippen LogP contribution < -0.4 is 0 Å². The Kier molecular flexibility index (Phi) is 8.40. The fourth-order valence-electron chi connectivity index (χ4n) is 6.95. The van der Waals surface area contributed by atoms with Gasteiger partial charge in [0.25, 0.3) is 0 Å². The molecule has 7 rings (SSSR count). The predicted octanol–water partition coefficient (Wildman–Crippen LogP) is 13.2. The van der Waals surface area contributed by atoms with E-state index in [9.17, 15) is 0 Å². The zero-order chi connectivity index (χ0) is 37.4. The molecule has 2 N–H and O–H groups in total. The molecule has 5 aromatic rings. The Morgan fingerprint density at radius 1 is 0.365 bits per heavy atom. The first kappa shape index (κ1) is 35.4. The minimum absolute atomic E-state index is 0.0369. The molecular weight excluding hydrogens is 633 g/mol. The molecule has 2 aromatic carbocycles. The van der Waals surface area contributed by atoms with Crippen molar-refractivity contribution in [3.63, 3.8) is 0 Å². The molecule has 5 heterocycles. The summed E-state index contributed by atoms with van der Waals surface area (Å²) in [7, 11) is 0. The molecule has 8 bridgehead atoms. The molecule has 3 aromatic heterocycles. The lowest BCUT2D eigenvalue weighted by molar-refractivity contribution is 0.568. The fraction of sp³-hybridized carbons (Fsp3) is 0.333. The van der Waals surface area contributed by atoms with Crippen LogP contribution in [0.4, 0.5) is 0 Å². The number of rotatable bonds is 2. The van der Waals surface area contributed by atoms with E-state index in [0.29, 0.717) is 0 Å². The van der Waals surface area contributed by atoms with Crippen LogP contribution >= 0.6 is 0 Å². The van der Waals surface area contributed by atoms with E-state index in [2.05, 4.69) is 190 Å². The maximum absolute atomic E-state index is 5.08. The van der Waals surface area contributed by atoms with Crippen LogP contribution in [0, 0.1) is 0 Å². The minimum Gasteiger partial charge on any atom is -0.355 e. The zero-order valence-corrected chi connectivity index (χ0v) is 33.1. The topological polar surface area (TPSA) is 57.4 Å². The summed E-state index contributed by atoms with van der Waals surface area (Å²) in [6.45, 7) is 27.7. The number of nitrogens with zero attached hydrogens (tertiary/aromatic N) is 2. The molecule has 4 nitrogen and oxygen atoms in total. The highest BCUT2D eigenvalue weighted by Crippen LogP contribution is 2.45. The third-order valence-electron chi connectivity index (χ3n) is 10.3. The van der Waals surface area contributed by atoms with Crippen LogP contribution in [-0.2, 0) is 21.7 Å². The highest BCUT2D eigenvalue weighted by molar-refractivity contribution is 6.04. The average Bonchev–Trinajstić information content (AvgIpc) is 3.84. The number of hydrogen-bond acceptors (Lipinski definition) is 2. The van der Waals surface area contributed by atoms with E-state index in [1.165, 1.54) is 44.5 Å². The fourth-order valence-corrected chi connectivity index (χ4v) is 6.95. The summed E-state index contributed by atoms with van der Waals surface area (Å²) in [6.07, 6.45) is 8.41. The van der Waals surface area contributed by atoms with Gasteiger partial charge in [-0.15, -0.1) is 0 Å². The highest BCUT2D eigenvalue weighted by Gasteiger charge is 2.26. The molecular formula is C48H54N4. The molecule has 0 saturated heterocycles. The zero-order valence-electron chi connectivity index (χ0n) is 33.1. The van der Waals surface area contributed by atoms with Gasteiger partial charge in [-0.05, 0) is 116 Å². The van der Waals surface area contributed by atoms with Gasteiger partial charge in [0, 0.05) is 33.2 Å². The second kappa shape index (κ2) is 12.3. The lowest BCUT2D eigenvalue weighted by Gasteiger charge is -2.27. The number of aromatic nitrogens is 4. The van der Waals surface area contributed by atoms with Gasteiger partial charge in [0.05, 0.1) is 22.8 Å². The Morgan fingerprint density at radius 3 is 0.981 bits per heavy atom. The smallest absolute Gasteiger partial charge is 0.0658 e. The van der Waals surface area contributed by atoms with E-state index in [0.717, 1.165) is 44.8 Å². The van der Waals surface area contributed by atoms with Gasteiger partial charge in [0.2, 0.25) is 0 Å². The lowest BCUT2D eigenvalue weighted by atomic mass is 9.77. The molecule has 2 aliphatic heterocycles. The van der Waals surface area contributed by atoms with E-state index < -0.39 is 0 Å². The van der Waals surface area contributed by atoms with Crippen molar-refractivity contribution in [2.75, 3.05) is 0 Å². The van der Waals surface area contributed by atoms with Crippen molar-refractivity contribution in [1.29, 1.82) is 0 Å². The van der Waals surface area contributed by atoms with Crippen LogP contribution in [0.3, 0.4) is 0 Å². The minimum atomic E-state index is -0.0369. The maximum atomic E-state index is 5.08. The summed E-state index contributed by atoms with van der Waals surface area (Å²) < 4.78 is 0. The molecule has 0 spiro atoms. The summed E-state index contributed by atoms with van der Waals surface area (Å²) in [5, 5.41) is 0. The highest BCUT2D eigenvalue weighted by atomic mass is 14.8. The molecule has 52 heavy (non-hydrogen) atoms. The van der Waals surface area contributed by atoms with Crippen molar-refractivity contribution in [3.05, 3.63) is 118 Å². The van der Waals surface area contributed by atoms with E-state index >= 15 is 0 Å². The molecule has 4 heteroatoms. The van der Waals surface area contributed by atoms with Crippen molar-refractivity contribution >= 4 is 46.4 Å². The quantitative estimate of drug-likeness (QED) is 0.190. The first-order valence-electron chi connectivity index (χ1n) is 18.6. The van der Waals surface area contributed by atoms with Crippen LogP contribution in [0.2, 0.25) is 0 Å². The van der Waals surface area contributed by atoms with Gasteiger partial charge in [-0.2, -0.15) is 0 Å². The number of hydrogen-bond donors (Lipinski definition) is 2. The Morgan fingerprint density at radius 2 is 0.673 bits per heavy atom. The first-order chi connectivity index (χ1) is 24.2. The predicted molar refractivity (Wildman–Crippen MR) is 225 cm³/mol. The first-order valence-corrected chi connectivity index (χ1v) is 18.6. The van der Waals surface area contributed by atoms with E-state index in [-0.39, 0.29) is 21.7 Å². The molecule has 0 unspecified atom stereocenters. The van der Waals surface area contributed by atoms with Crippen LogP contribution in [0.15, 0.2) is 72.8 Å². The summed E-state index contributed by atoms with van der Waals surface area (Å²) in [5.41, 5.74) is 17.6. The van der Waals surface area contributed by atoms with Crippen molar-refractivity contribution in [1.82, 2.24) is 19.9 Å². The molecule has 0 fully saturated rings. The SMILES string of the molecule is CC(C)(C)c1cc(-c2c(-c3cc(C(C)(C)C)cc(C(C)(C)C)c3)c3cc4nc(cc5ccc(cc6nc(cc2[nH]3)C=C6)[nH]5)C=C4)cc(C(C)(C)C)c1. The molecule has 2 aliphatic rings. The van der Waals surface area contributed by atoms with Crippen LogP contribution in [-0.4, -0.2) is 19.9 Å².